The summed E-state index contributed by atoms with van der Waals surface area (Å²) < 4.78 is 5.19. The van der Waals surface area contributed by atoms with Crippen molar-refractivity contribution in [2.75, 3.05) is 26.0 Å². The first-order chi connectivity index (χ1) is 10.6. The first-order valence-electron chi connectivity index (χ1n) is 7.09. The van der Waals surface area contributed by atoms with Crippen LogP contribution in [-0.4, -0.2) is 40.7 Å². The van der Waals surface area contributed by atoms with Crippen molar-refractivity contribution in [3.63, 3.8) is 0 Å². The van der Waals surface area contributed by atoms with E-state index < -0.39 is 0 Å². The summed E-state index contributed by atoms with van der Waals surface area (Å²) in [5.41, 5.74) is 2.63. The van der Waals surface area contributed by atoms with Crippen LogP contribution in [0.3, 0.4) is 0 Å². The summed E-state index contributed by atoms with van der Waals surface area (Å²) in [5, 5.41) is 10.4. The van der Waals surface area contributed by atoms with Gasteiger partial charge in [0.25, 0.3) is 5.71 Å². The molecule has 1 atom stereocenters. The van der Waals surface area contributed by atoms with E-state index in [0.29, 0.717) is 5.71 Å². The number of nitrogens with zero attached hydrogens (tertiary/aromatic N) is 4. The molecule has 0 aromatic carbocycles. The number of thiophene rings is 1. The number of aromatic nitrogens is 3. The van der Waals surface area contributed by atoms with Crippen molar-refractivity contribution in [3.8, 4) is 0 Å². The van der Waals surface area contributed by atoms with Gasteiger partial charge >= 0.3 is 0 Å². The molecule has 0 radical (unpaired) electrons. The molecular formula is C15H19N5OS. The van der Waals surface area contributed by atoms with E-state index in [1.807, 2.05) is 6.92 Å². The van der Waals surface area contributed by atoms with E-state index in [2.05, 4.69) is 57.8 Å². The molecule has 22 heavy (non-hydrogen) atoms. The van der Waals surface area contributed by atoms with Crippen molar-refractivity contribution in [1.29, 1.82) is 0 Å². The lowest BCUT2D eigenvalue weighted by atomic mass is 10.1. The zero-order chi connectivity index (χ0) is 15.7. The highest BCUT2D eigenvalue weighted by Crippen LogP contribution is 2.29. The van der Waals surface area contributed by atoms with Gasteiger partial charge in [-0.1, -0.05) is 5.16 Å². The lowest BCUT2D eigenvalue weighted by molar-refractivity contribution is 0.315. The van der Waals surface area contributed by atoms with Gasteiger partial charge in [-0.25, -0.2) is 4.98 Å². The normalized spacial score (nSPS) is 13.0. The zero-order valence-corrected chi connectivity index (χ0v) is 13.9. The van der Waals surface area contributed by atoms with Gasteiger partial charge in [0.2, 0.25) is 0 Å². The molecule has 7 heteroatoms. The molecule has 116 valence electrons. The summed E-state index contributed by atoms with van der Waals surface area (Å²) in [6, 6.07) is 2.44. The topological polar surface area (TPSA) is 67.1 Å². The van der Waals surface area contributed by atoms with Gasteiger partial charge in [0.1, 0.15) is 17.5 Å². The van der Waals surface area contributed by atoms with Gasteiger partial charge < -0.3 is 14.7 Å². The maximum absolute atomic E-state index is 5.19. The second-order valence-corrected chi connectivity index (χ2v) is 6.45. The fourth-order valence-corrected chi connectivity index (χ4v) is 3.61. The Morgan fingerprint density at radius 2 is 2.14 bits per heavy atom. The number of likely N-dealkylation sites (N-methyl/N-ethyl adjacent to an activating group) is 1. The van der Waals surface area contributed by atoms with Gasteiger partial charge in [0.05, 0.1) is 11.7 Å². The van der Waals surface area contributed by atoms with Gasteiger partial charge in [-0.3, -0.25) is 0 Å². The quantitative estimate of drug-likeness (QED) is 0.780. The van der Waals surface area contributed by atoms with E-state index in [1.54, 1.807) is 11.3 Å². The average molecular weight is 317 g/mol. The van der Waals surface area contributed by atoms with Crippen LogP contribution in [0.25, 0.3) is 11.1 Å². The Labute approximate surface area is 133 Å². The standard InChI is InChI=1S/C15H19N5OS/c1-9-5-6-22-13(9)11(20(3)4)7-16-14-12-10(2)19-21-15(12)18-8-17-14/h5-6,8,11H,7H2,1-4H3,(H,16,17,18)/t11-/m0/s1. The summed E-state index contributed by atoms with van der Waals surface area (Å²) in [4.78, 5) is 12.0. The minimum Gasteiger partial charge on any atom is -0.367 e. The molecular weight excluding hydrogens is 298 g/mol. The summed E-state index contributed by atoms with van der Waals surface area (Å²) in [5.74, 6) is 0.768. The average Bonchev–Trinajstić information content (AvgIpc) is 3.07. The molecule has 3 aromatic heterocycles. The predicted octanol–water partition coefficient (Wildman–Crippen LogP) is 3.01. The number of hydrogen-bond acceptors (Lipinski definition) is 7. The summed E-state index contributed by atoms with van der Waals surface area (Å²) in [6.45, 7) is 4.80. The Morgan fingerprint density at radius 3 is 2.82 bits per heavy atom. The molecule has 6 nitrogen and oxygen atoms in total. The smallest absolute Gasteiger partial charge is 0.263 e. The van der Waals surface area contributed by atoms with Crippen molar-refractivity contribution >= 4 is 28.3 Å². The molecule has 0 bridgehead atoms. The molecule has 1 N–H and O–H groups in total. The first-order valence-corrected chi connectivity index (χ1v) is 7.97. The highest BCUT2D eigenvalue weighted by Gasteiger charge is 2.19. The third kappa shape index (κ3) is 2.69. The minimum atomic E-state index is 0.283. The Hall–Kier alpha value is -1.99. The molecule has 3 aromatic rings. The van der Waals surface area contributed by atoms with Crippen LogP contribution in [0, 0.1) is 13.8 Å². The van der Waals surface area contributed by atoms with Crippen LogP contribution in [-0.2, 0) is 0 Å². The van der Waals surface area contributed by atoms with Crippen molar-refractivity contribution in [1.82, 2.24) is 20.0 Å². The number of hydrogen-bond donors (Lipinski definition) is 1. The highest BCUT2D eigenvalue weighted by molar-refractivity contribution is 7.10. The number of nitrogens with one attached hydrogen (secondary N) is 1. The third-order valence-corrected chi connectivity index (χ3v) is 4.85. The lowest BCUT2D eigenvalue weighted by Crippen LogP contribution is -2.27. The molecule has 0 unspecified atom stereocenters. The van der Waals surface area contributed by atoms with Gasteiger partial charge in [-0.05, 0) is 45.0 Å². The molecule has 0 saturated heterocycles. The molecule has 0 fully saturated rings. The van der Waals surface area contributed by atoms with Crippen LogP contribution >= 0.6 is 11.3 Å². The van der Waals surface area contributed by atoms with Gasteiger partial charge in [-0.15, -0.1) is 11.3 Å². The highest BCUT2D eigenvalue weighted by atomic mass is 32.1. The molecule has 0 saturated carbocycles. The van der Waals surface area contributed by atoms with Crippen molar-refractivity contribution in [2.24, 2.45) is 0 Å². The van der Waals surface area contributed by atoms with Crippen LogP contribution in [0.15, 0.2) is 22.3 Å². The van der Waals surface area contributed by atoms with E-state index in [0.717, 1.165) is 23.4 Å². The van der Waals surface area contributed by atoms with E-state index >= 15 is 0 Å². The number of anilines is 1. The van der Waals surface area contributed by atoms with Crippen LogP contribution in [0.5, 0.6) is 0 Å². The largest absolute Gasteiger partial charge is 0.367 e. The third-order valence-electron chi connectivity index (χ3n) is 3.73. The fourth-order valence-electron chi connectivity index (χ4n) is 2.49. The maximum atomic E-state index is 5.19. The summed E-state index contributed by atoms with van der Waals surface area (Å²) in [6.07, 6.45) is 1.50. The van der Waals surface area contributed by atoms with E-state index in [1.165, 1.54) is 16.8 Å². The first kappa shape index (κ1) is 14.9. The SMILES string of the molecule is Cc1ccsc1[C@H](CNc1ncnc2onc(C)c12)N(C)C. The summed E-state index contributed by atoms with van der Waals surface area (Å²) >= 11 is 1.78. The molecule has 0 aliphatic heterocycles. The molecule has 0 aliphatic rings. The van der Waals surface area contributed by atoms with Crippen molar-refractivity contribution in [3.05, 3.63) is 33.9 Å². The number of rotatable bonds is 5. The summed E-state index contributed by atoms with van der Waals surface area (Å²) in [7, 11) is 4.18. The van der Waals surface area contributed by atoms with Gasteiger partial charge in [0, 0.05) is 11.4 Å². The van der Waals surface area contributed by atoms with E-state index in [-0.39, 0.29) is 6.04 Å². The van der Waals surface area contributed by atoms with Crippen LogP contribution in [0.4, 0.5) is 5.82 Å². The Bertz CT molecular complexity index is 779. The molecule has 0 spiro atoms. The van der Waals surface area contributed by atoms with Crippen LogP contribution in [0.1, 0.15) is 22.2 Å². The maximum Gasteiger partial charge on any atom is 0.263 e. The second kappa shape index (κ2) is 6.02. The van der Waals surface area contributed by atoms with Crippen LogP contribution < -0.4 is 5.32 Å². The monoisotopic (exact) mass is 317 g/mol. The Kier molecular flexibility index (Phi) is 4.08. The van der Waals surface area contributed by atoms with Crippen molar-refractivity contribution < 1.29 is 4.52 Å². The van der Waals surface area contributed by atoms with E-state index in [9.17, 15) is 0 Å². The van der Waals surface area contributed by atoms with Crippen LogP contribution in [0.2, 0.25) is 0 Å². The predicted molar refractivity (Wildman–Crippen MR) is 88.3 cm³/mol. The zero-order valence-electron chi connectivity index (χ0n) is 13.1. The van der Waals surface area contributed by atoms with Gasteiger partial charge in [-0.2, -0.15) is 4.98 Å². The molecule has 0 amide bonds. The Morgan fingerprint density at radius 1 is 1.32 bits per heavy atom. The number of aryl methyl sites for hydroxylation is 2. The lowest BCUT2D eigenvalue weighted by Gasteiger charge is -2.24. The minimum absolute atomic E-state index is 0.283. The van der Waals surface area contributed by atoms with Gasteiger partial charge in [0.15, 0.2) is 0 Å². The molecule has 3 rings (SSSR count). The van der Waals surface area contributed by atoms with Crippen molar-refractivity contribution in [2.45, 2.75) is 19.9 Å². The molecule has 3 heterocycles. The fraction of sp³-hybridized carbons (Fsp3) is 0.400. The Balaban J connectivity index is 1.86. The molecule has 0 aliphatic carbocycles. The van der Waals surface area contributed by atoms with E-state index in [4.69, 9.17) is 4.52 Å². The number of fused-ring (bicyclic) bond motifs is 1. The second-order valence-electron chi connectivity index (χ2n) is 5.50.